The molecule has 0 saturated carbocycles. The Labute approximate surface area is 114 Å². The molecule has 1 aliphatic rings. The molecule has 1 saturated heterocycles. The van der Waals surface area contributed by atoms with Gasteiger partial charge in [-0.15, -0.1) is 0 Å². The molecule has 1 aromatic heterocycles. The van der Waals surface area contributed by atoms with Crippen LogP contribution in [-0.4, -0.2) is 48.4 Å². The number of nitrogen functional groups attached to an aromatic ring is 1. The SMILES string of the molecule is CCN1CCC(N(C)c2ccc(C(=N)N)cn2)CC1. The van der Waals surface area contributed by atoms with Crippen LogP contribution < -0.4 is 10.6 Å². The van der Waals surface area contributed by atoms with Gasteiger partial charge in [-0.3, -0.25) is 5.41 Å². The number of pyridine rings is 1. The molecule has 19 heavy (non-hydrogen) atoms. The maximum absolute atomic E-state index is 7.37. The third kappa shape index (κ3) is 3.23. The van der Waals surface area contributed by atoms with E-state index in [0.29, 0.717) is 11.6 Å². The molecule has 0 spiro atoms. The standard InChI is InChI=1S/C14H23N5/c1-3-19-8-6-12(7-9-19)18(2)13-5-4-11(10-17-13)14(15)16/h4-5,10,12H,3,6-9H2,1-2H3,(H3,15,16). The van der Waals surface area contributed by atoms with Crippen molar-refractivity contribution in [3.63, 3.8) is 0 Å². The Morgan fingerprint density at radius 3 is 2.63 bits per heavy atom. The molecule has 5 heteroatoms. The molecule has 1 aromatic rings. The highest BCUT2D eigenvalue weighted by atomic mass is 15.2. The number of hydrogen-bond donors (Lipinski definition) is 2. The molecule has 2 heterocycles. The van der Waals surface area contributed by atoms with Gasteiger partial charge in [-0.1, -0.05) is 6.92 Å². The number of likely N-dealkylation sites (tertiary alicyclic amines) is 1. The Bertz CT molecular complexity index is 420. The first-order valence-corrected chi connectivity index (χ1v) is 6.87. The van der Waals surface area contributed by atoms with E-state index in [0.717, 1.165) is 25.5 Å². The van der Waals surface area contributed by atoms with Crippen molar-refractivity contribution in [2.24, 2.45) is 5.73 Å². The molecular formula is C14H23N5. The number of anilines is 1. The van der Waals surface area contributed by atoms with Gasteiger partial charge in [0.2, 0.25) is 0 Å². The second-order valence-corrected chi connectivity index (χ2v) is 5.10. The molecule has 3 N–H and O–H groups in total. The second kappa shape index (κ2) is 6.02. The van der Waals surface area contributed by atoms with Crippen LogP contribution in [0.5, 0.6) is 0 Å². The number of hydrogen-bond acceptors (Lipinski definition) is 4. The van der Waals surface area contributed by atoms with Crippen LogP contribution in [0.25, 0.3) is 0 Å². The summed E-state index contributed by atoms with van der Waals surface area (Å²) in [4.78, 5) is 9.14. The molecule has 104 valence electrons. The Morgan fingerprint density at radius 2 is 2.16 bits per heavy atom. The summed E-state index contributed by atoms with van der Waals surface area (Å²) in [6.07, 6.45) is 4.04. The average molecular weight is 261 g/mol. The number of piperidine rings is 1. The predicted octanol–water partition coefficient (Wildman–Crippen LogP) is 1.29. The molecule has 1 aliphatic heterocycles. The smallest absolute Gasteiger partial charge is 0.128 e. The van der Waals surface area contributed by atoms with Crippen LogP contribution in [-0.2, 0) is 0 Å². The van der Waals surface area contributed by atoms with E-state index in [-0.39, 0.29) is 5.84 Å². The molecule has 0 aliphatic carbocycles. The van der Waals surface area contributed by atoms with Crippen molar-refractivity contribution in [3.8, 4) is 0 Å². The van der Waals surface area contributed by atoms with Crippen LogP contribution in [0, 0.1) is 5.41 Å². The number of nitrogens with two attached hydrogens (primary N) is 1. The van der Waals surface area contributed by atoms with Crippen LogP contribution in [0.1, 0.15) is 25.3 Å². The van der Waals surface area contributed by atoms with E-state index >= 15 is 0 Å². The zero-order chi connectivity index (χ0) is 13.8. The fraction of sp³-hybridized carbons (Fsp3) is 0.571. The zero-order valence-corrected chi connectivity index (χ0v) is 11.8. The quantitative estimate of drug-likeness (QED) is 0.633. The summed E-state index contributed by atoms with van der Waals surface area (Å²) in [5, 5.41) is 7.37. The fourth-order valence-electron chi connectivity index (χ4n) is 2.56. The number of aromatic nitrogens is 1. The summed E-state index contributed by atoms with van der Waals surface area (Å²) in [6.45, 7) is 5.68. The van der Waals surface area contributed by atoms with E-state index in [1.54, 1.807) is 6.20 Å². The third-order valence-electron chi connectivity index (χ3n) is 3.97. The Morgan fingerprint density at radius 1 is 1.47 bits per heavy atom. The van der Waals surface area contributed by atoms with Gasteiger partial charge in [-0.2, -0.15) is 0 Å². The lowest BCUT2D eigenvalue weighted by Crippen LogP contribution is -2.43. The van der Waals surface area contributed by atoms with Gasteiger partial charge in [0.15, 0.2) is 0 Å². The third-order valence-corrected chi connectivity index (χ3v) is 3.97. The summed E-state index contributed by atoms with van der Waals surface area (Å²) in [6, 6.07) is 4.36. The Kier molecular flexibility index (Phi) is 4.37. The highest BCUT2D eigenvalue weighted by molar-refractivity contribution is 5.94. The van der Waals surface area contributed by atoms with Gasteiger partial charge in [0.1, 0.15) is 11.7 Å². The van der Waals surface area contributed by atoms with Gasteiger partial charge in [-0.05, 0) is 31.5 Å². The monoisotopic (exact) mass is 261 g/mol. The van der Waals surface area contributed by atoms with Crippen LogP contribution in [0.2, 0.25) is 0 Å². The minimum absolute atomic E-state index is 0.0676. The number of nitrogens with zero attached hydrogens (tertiary/aromatic N) is 3. The van der Waals surface area contributed by atoms with Crippen molar-refractivity contribution >= 4 is 11.7 Å². The maximum Gasteiger partial charge on any atom is 0.128 e. The average Bonchev–Trinajstić information content (AvgIpc) is 2.46. The summed E-state index contributed by atoms with van der Waals surface area (Å²) >= 11 is 0. The lowest BCUT2D eigenvalue weighted by atomic mass is 10.0. The molecule has 0 radical (unpaired) electrons. The zero-order valence-electron chi connectivity index (χ0n) is 11.8. The minimum atomic E-state index is 0.0676. The van der Waals surface area contributed by atoms with Gasteiger partial charge in [0.05, 0.1) is 0 Å². The van der Waals surface area contributed by atoms with Gasteiger partial charge >= 0.3 is 0 Å². The van der Waals surface area contributed by atoms with E-state index in [4.69, 9.17) is 11.1 Å². The van der Waals surface area contributed by atoms with Crippen molar-refractivity contribution < 1.29 is 0 Å². The van der Waals surface area contributed by atoms with Crippen molar-refractivity contribution in [2.45, 2.75) is 25.8 Å². The predicted molar refractivity (Wildman–Crippen MR) is 78.8 cm³/mol. The number of nitrogens with one attached hydrogen (secondary N) is 1. The molecule has 0 bridgehead atoms. The summed E-state index contributed by atoms with van der Waals surface area (Å²) in [5.74, 6) is 1.03. The number of rotatable bonds is 4. The lowest BCUT2D eigenvalue weighted by molar-refractivity contribution is 0.220. The molecule has 5 nitrogen and oxygen atoms in total. The molecule has 2 rings (SSSR count). The van der Waals surface area contributed by atoms with Crippen molar-refractivity contribution in [1.29, 1.82) is 5.41 Å². The van der Waals surface area contributed by atoms with Crippen molar-refractivity contribution in [1.82, 2.24) is 9.88 Å². The van der Waals surface area contributed by atoms with Gasteiger partial charge in [-0.25, -0.2) is 4.98 Å². The summed E-state index contributed by atoms with van der Waals surface area (Å²) < 4.78 is 0. The van der Waals surface area contributed by atoms with Crippen LogP contribution >= 0.6 is 0 Å². The molecule has 1 fully saturated rings. The van der Waals surface area contributed by atoms with Gasteiger partial charge < -0.3 is 15.5 Å². The fourth-order valence-corrected chi connectivity index (χ4v) is 2.56. The molecule has 0 aromatic carbocycles. The highest BCUT2D eigenvalue weighted by Crippen LogP contribution is 2.20. The van der Waals surface area contributed by atoms with E-state index in [1.165, 1.54) is 12.8 Å². The first-order valence-electron chi connectivity index (χ1n) is 6.87. The molecular weight excluding hydrogens is 238 g/mol. The van der Waals surface area contributed by atoms with Crippen molar-refractivity contribution in [2.75, 3.05) is 31.6 Å². The largest absolute Gasteiger partial charge is 0.384 e. The van der Waals surface area contributed by atoms with Crippen molar-refractivity contribution in [3.05, 3.63) is 23.9 Å². The Balaban J connectivity index is 1.99. The molecule has 0 atom stereocenters. The van der Waals surface area contributed by atoms with E-state index in [1.807, 2.05) is 12.1 Å². The normalized spacial score (nSPS) is 17.4. The van der Waals surface area contributed by atoms with E-state index in [9.17, 15) is 0 Å². The van der Waals surface area contributed by atoms with Crippen LogP contribution in [0.3, 0.4) is 0 Å². The number of amidine groups is 1. The highest BCUT2D eigenvalue weighted by Gasteiger charge is 2.22. The van der Waals surface area contributed by atoms with Crippen LogP contribution in [0.4, 0.5) is 5.82 Å². The van der Waals surface area contributed by atoms with E-state index < -0.39 is 0 Å². The first kappa shape index (κ1) is 13.8. The maximum atomic E-state index is 7.37. The summed E-state index contributed by atoms with van der Waals surface area (Å²) in [5.41, 5.74) is 6.12. The van der Waals surface area contributed by atoms with Gasteiger partial charge in [0.25, 0.3) is 0 Å². The van der Waals surface area contributed by atoms with Crippen LogP contribution in [0.15, 0.2) is 18.3 Å². The topological polar surface area (TPSA) is 69.2 Å². The summed E-state index contributed by atoms with van der Waals surface area (Å²) in [7, 11) is 2.10. The van der Waals surface area contributed by atoms with E-state index in [2.05, 4.69) is 28.8 Å². The Hall–Kier alpha value is -1.62. The minimum Gasteiger partial charge on any atom is -0.384 e. The first-order chi connectivity index (χ1) is 9.11. The van der Waals surface area contributed by atoms with Gasteiger partial charge in [0, 0.05) is 37.9 Å². The lowest BCUT2D eigenvalue weighted by Gasteiger charge is -2.36. The molecule has 0 unspecified atom stereocenters. The second-order valence-electron chi connectivity index (χ2n) is 5.10. The molecule has 0 amide bonds.